The number of hydrogen-bond acceptors (Lipinski definition) is 3. The fraction of sp³-hybridized carbons (Fsp3) is 0. The van der Waals surface area contributed by atoms with E-state index in [1.807, 2.05) is 83.5 Å². The Balaban J connectivity index is 1.64. The summed E-state index contributed by atoms with van der Waals surface area (Å²) in [6.45, 7) is 0. The van der Waals surface area contributed by atoms with Gasteiger partial charge < -0.3 is 9.38 Å². The average molecular weight is 358 g/mol. The number of pyridine rings is 1. The van der Waals surface area contributed by atoms with Gasteiger partial charge in [-0.2, -0.15) is 0 Å². The van der Waals surface area contributed by atoms with Crippen molar-refractivity contribution in [1.29, 1.82) is 0 Å². The number of fused-ring (bicyclic) bond motifs is 2. The number of hydrogen-bond donors (Lipinski definition) is 1. The van der Waals surface area contributed by atoms with Gasteiger partial charge in [-0.15, -0.1) is 0 Å². The largest absolute Gasteiger partial charge is 0.331 e. The number of nitrogens with zero attached hydrogens (tertiary/aromatic N) is 3. The highest BCUT2D eigenvalue weighted by atomic mass is 32.2. The molecular formula is C20H14N4OS. The zero-order chi connectivity index (χ0) is 17.5. The molecule has 1 atom stereocenters. The van der Waals surface area contributed by atoms with E-state index in [4.69, 9.17) is 0 Å². The van der Waals surface area contributed by atoms with Crippen molar-refractivity contribution in [3.8, 4) is 11.3 Å². The number of H-pyrrole nitrogens is 1. The summed E-state index contributed by atoms with van der Waals surface area (Å²) in [5.74, 6) is 0. The summed E-state index contributed by atoms with van der Waals surface area (Å²) in [6, 6.07) is 21.1. The smallest absolute Gasteiger partial charge is 0.202 e. The molecular weight excluding hydrogens is 344 g/mol. The first kappa shape index (κ1) is 15.0. The highest BCUT2D eigenvalue weighted by molar-refractivity contribution is 7.85. The normalized spacial score (nSPS) is 12.6. The van der Waals surface area contributed by atoms with E-state index in [-0.39, 0.29) is 0 Å². The van der Waals surface area contributed by atoms with Gasteiger partial charge in [0.2, 0.25) is 5.16 Å². The maximum absolute atomic E-state index is 13.2. The van der Waals surface area contributed by atoms with E-state index in [9.17, 15) is 4.21 Å². The molecule has 5 aromatic rings. The van der Waals surface area contributed by atoms with Crippen molar-refractivity contribution in [2.24, 2.45) is 0 Å². The van der Waals surface area contributed by atoms with Crippen LogP contribution < -0.4 is 0 Å². The molecule has 0 aliphatic rings. The second-order valence-corrected chi connectivity index (χ2v) is 7.28. The SMILES string of the molecule is O=S(c1nc2ccccc2[nH]1)c1ccccc1-c1cn2ccccc2n1. The minimum Gasteiger partial charge on any atom is -0.331 e. The van der Waals surface area contributed by atoms with Crippen LogP contribution in [-0.2, 0) is 10.8 Å². The van der Waals surface area contributed by atoms with E-state index in [0.29, 0.717) is 10.1 Å². The molecule has 0 fully saturated rings. The van der Waals surface area contributed by atoms with Crippen LogP contribution in [0.5, 0.6) is 0 Å². The van der Waals surface area contributed by atoms with E-state index in [2.05, 4.69) is 15.0 Å². The van der Waals surface area contributed by atoms with Crippen LogP contribution in [0.3, 0.4) is 0 Å². The molecule has 3 heterocycles. The molecule has 2 aromatic carbocycles. The van der Waals surface area contributed by atoms with Crippen molar-refractivity contribution < 1.29 is 4.21 Å². The number of aromatic amines is 1. The standard InChI is InChI=1S/C20H14N4OS/c25-26(20-22-15-8-2-3-9-16(15)23-20)18-10-4-1-7-14(18)17-13-24-12-6-5-11-19(24)21-17/h1-13H,(H,22,23). The van der Waals surface area contributed by atoms with Gasteiger partial charge in [-0.05, 0) is 30.3 Å². The first-order chi connectivity index (χ1) is 12.8. The fourth-order valence-electron chi connectivity index (χ4n) is 3.03. The molecule has 0 aliphatic carbocycles. The van der Waals surface area contributed by atoms with Gasteiger partial charge in [0.1, 0.15) is 16.4 Å². The summed E-state index contributed by atoms with van der Waals surface area (Å²) < 4.78 is 15.2. The van der Waals surface area contributed by atoms with Crippen molar-refractivity contribution in [2.45, 2.75) is 10.1 Å². The molecule has 0 radical (unpaired) electrons. The first-order valence-corrected chi connectivity index (χ1v) is 9.34. The maximum atomic E-state index is 13.2. The lowest BCUT2D eigenvalue weighted by Gasteiger charge is -2.05. The average Bonchev–Trinajstić information content (AvgIpc) is 3.31. The maximum Gasteiger partial charge on any atom is 0.202 e. The molecule has 1 N–H and O–H groups in total. The highest BCUT2D eigenvalue weighted by Gasteiger charge is 2.18. The van der Waals surface area contributed by atoms with E-state index in [0.717, 1.165) is 27.9 Å². The quantitative estimate of drug-likeness (QED) is 0.529. The predicted molar refractivity (Wildman–Crippen MR) is 101 cm³/mol. The number of aromatic nitrogens is 4. The summed E-state index contributed by atoms with van der Waals surface area (Å²) in [5.41, 5.74) is 4.17. The predicted octanol–water partition coefficient (Wildman–Crippen LogP) is 4.04. The molecule has 5 nitrogen and oxygen atoms in total. The Hall–Kier alpha value is -3.25. The van der Waals surface area contributed by atoms with Crippen molar-refractivity contribution in [3.63, 3.8) is 0 Å². The lowest BCUT2D eigenvalue weighted by Crippen LogP contribution is -1.98. The minimum atomic E-state index is -1.43. The molecule has 1 unspecified atom stereocenters. The fourth-order valence-corrected chi connectivity index (χ4v) is 4.19. The lowest BCUT2D eigenvalue weighted by atomic mass is 10.2. The Morgan fingerprint density at radius 3 is 2.58 bits per heavy atom. The first-order valence-electron chi connectivity index (χ1n) is 8.19. The summed E-state index contributed by atoms with van der Waals surface area (Å²) >= 11 is 0. The number of nitrogens with one attached hydrogen (secondary N) is 1. The lowest BCUT2D eigenvalue weighted by molar-refractivity contribution is 0.678. The third kappa shape index (κ3) is 2.43. The zero-order valence-electron chi connectivity index (χ0n) is 13.7. The molecule has 6 heteroatoms. The molecule has 0 amide bonds. The topological polar surface area (TPSA) is 63.0 Å². The van der Waals surface area contributed by atoms with Gasteiger partial charge in [-0.1, -0.05) is 36.4 Å². The molecule has 3 aromatic heterocycles. The molecule has 0 saturated heterocycles. The van der Waals surface area contributed by atoms with E-state index >= 15 is 0 Å². The van der Waals surface area contributed by atoms with E-state index < -0.39 is 10.8 Å². The van der Waals surface area contributed by atoms with Crippen LogP contribution in [0.25, 0.3) is 27.9 Å². The molecule has 0 aliphatic heterocycles. The van der Waals surface area contributed by atoms with Crippen LogP contribution >= 0.6 is 0 Å². The third-order valence-corrected chi connectivity index (χ3v) is 5.57. The molecule has 0 saturated carbocycles. The highest BCUT2D eigenvalue weighted by Crippen LogP contribution is 2.28. The summed E-state index contributed by atoms with van der Waals surface area (Å²) in [4.78, 5) is 13.0. The van der Waals surface area contributed by atoms with Crippen LogP contribution in [0.2, 0.25) is 0 Å². The Morgan fingerprint density at radius 2 is 1.69 bits per heavy atom. The number of benzene rings is 2. The van der Waals surface area contributed by atoms with Crippen LogP contribution in [0.4, 0.5) is 0 Å². The van der Waals surface area contributed by atoms with Crippen molar-refractivity contribution in [1.82, 2.24) is 19.4 Å². The van der Waals surface area contributed by atoms with Gasteiger partial charge in [0, 0.05) is 18.0 Å². The molecule has 126 valence electrons. The Bertz CT molecular complexity index is 1210. The van der Waals surface area contributed by atoms with Gasteiger partial charge in [0.15, 0.2) is 0 Å². The van der Waals surface area contributed by atoms with Crippen molar-refractivity contribution >= 4 is 27.5 Å². The molecule has 0 bridgehead atoms. The third-order valence-electron chi connectivity index (χ3n) is 4.27. The van der Waals surface area contributed by atoms with Crippen LogP contribution in [-0.4, -0.2) is 23.6 Å². The minimum absolute atomic E-state index is 0.447. The van der Waals surface area contributed by atoms with Gasteiger partial charge in [-0.25, -0.2) is 14.2 Å². The second-order valence-electron chi connectivity index (χ2n) is 5.92. The van der Waals surface area contributed by atoms with Crippen LogP contribution in [0.1, 0.15) is 0 Å². The summed E-state index contributed by atoms with van der Waals surface area (Å²) in [6.07, 6.45) is 3.90. The monoisotopic (exact) mass is 358 g/mol. The van der Waals surface area contributed by atoms with Gasteiger partial charge in [0.25, 0.3) is 0 Å². The Kier molecular flexibility index (Phi) is 3.43. The molecule has 5 rings (SSSR count). The number of para-hydroxylation sites is 2. The van der Waals surface area contributed by atoms with Gasteiger partial charge >= 0.3 is 0 Å². The van der Waals surface area contributed by atoms with Crippen LogP contribution in [0.15, 0.2) is 89.2 Å². The molecule has 26 heavy (non-hydrogen) atoms. The molecule has 0 spiro atoms. The van der Waals surface area contributed by atoms with E-state index in [1.165, 1.54) is 0 Å². The summed E-state index contributed by atoms with van der Waals surface area (Å²) in [7, 11) is -1.43. The van der Waals surface area contributed by atoms with Gasteiger partial charge in [0.05, 0.1) is 21.6 Å². The summed E-state index contributed by atoms with van der Waals surface area (Å²) in [5, 5.41) is 0.447. The van der Waals surface area contributed by atoms with Crippen LogP contribution in [0, 0.1) is 0 Å². The van der Waals surface area contributed by atoms with Crippen molar-refractivity contribution in [2.75, 3.05) is 0 Å². The Labute approximate surface area is 151 Å². The van der Waals surface area contributed by atoms with Crippen molar-refractivity contribution in [3.05, 3.63) is 79.1 Å². The van der Waals surface area contributed by atoms with E-state index in [1.54, 1.807) is 0 Å². The van der Waals surface area contributed by atoms with Gasteiger partial charge in [-0.3, -0.25) is 0 Å². The Morgan fingerprint density at radius 1 is 0.885 bits per heavy atom. The second kappa shape index (κ2) is 5.93. The number of imidazole rings is 2. The number of rotatable bonds is 3. The zero-order valence-corrected chi connectivity index (χ0v) is 14.5.